The van der Waals surface area contributed by atoms with E-state index in [-0.39, 0.29) is 31.5 Å². The molecular formula is C26H35N5O4. The molecule has 0 saturated heterocycles. The summed E-state index contributed by atoms with van der Waals surface area (Å²) in [5.41, 5.74) is 1.71. The molecule has 1 N–H and O–H groups in total. The Morgan fingerprint density at radius 1 is 1.11 bits per heavy atom. The van der Waals surface area contributed by atoms with Crippen LogP contribution in [0.3, 0.4) is 0 Å². The molecular weight excluding hydrogens is 446 g/mol. The fourth-order valence-electron chi connectivity index (χ4n) is 3.72. The number of para-hydroxylation sites is 1. The Bertz CT molecular complexity index is 1130. The van der Waals surface area contributed by atoms with E-state index in [4.69, 9.17) is 9.47 Å². The van der Waals surface area contributed by atoms with Crippen molar-refractivity contribution in [3.63, 3.8) is 0 Å². The second kappa shape index (κ2) is 11.8. The summed E-state index contributed by atoms with van der Waals surface area (Å²) in [6, 6.07) is 13.9. The number of aromatic nitrogens is 3. The van der Waals surface area contributed by atoms with Crippen LogP contribution in [-0.4, -0.2) is 64.1 Å². The summed E-state index contributed by atoms with van der Waals surface area (Å²) >= 11 is 0. The van der Waals surface area contributed by atoms with Crippen LogP contribution in [0.4, 0.5) is 0 Å². The minimum atomic E-state index is -0.853. The van der Waals surface area contributed by atoms with Crippen LogP contribution in [0.5, 0.6) is 5.75 Å². The summed E-state index contributed by atoms with van der Waals surface area (Å²) in [6.07, 6.45) is 0.742. The van der Waals surface area contributed by atoms with Crippen molar-refractivity contribution in [3.05, 3.63) is 54.1 Å². The quantitative estimate of drug-likeness (QED) is 0.426. The van der Waals surface area contributed by atoms with Crippen molar-refractivity contribution < 1.29 is 19.1 Å². The van der Waals surface area contributed by atoms with Crippen molar-refractivity contribution >= 4 is 22.8 Å². The van der Waals surface area contributed by atoms with Crippen molar-refractivity contribution in [2.24, 2.45) is 0 Å². The maximum atomic E-state index is 13.7. The molecule has 0 radical (unpaired) electrons. The number of nitrogens with one attached hydrogen (secondary N) is 1. The van der Waals surface area contributed by atoms with E-state index < -0.39 is 11.6 Å². The van der Waals surface area contributed by atoms with Gasteiger partial charge in [-0.05, 0) is 57.0 Å². The van der Waals surface area contributed by atoms with E-state index in [1.54, 1.807) is 16.7 Å². The Morgan fingerprint density at radius 3 is 2.49 bits per heavy atom. The fourth-order valence-corrected chi connectivity index (χ4v) is 3.72. The second-order valence-electron chi connectivity index (χ2n) is 8.95. The molecule has 9 heteroatoms. The van der Waals surface area contributed by atoms with Gasteiger partial charge in [-0.1, -0.05) is 36.4 Å². The van der Waals surface area contributed by atoms with Gasteiger partial charge in [0.15, 0.2) is 0 Å². The lowest BCUT2D eigenvalue weighted by Gasteiger charge is -2.34. The summed E-state index contributed by atoms with van der Waals surface area (Å²) in [5, 5.41) is 11.4. The van der Waals surface area contributed by atoms with Crippen LogP contribution >= 0.6 is 0 Å². The molecule has 0 bridgehead atoms. The third-order valence-electron chi connectivity index (χ3n) is 5.97. The molecule has 188 valence electrons. The zero-order chi connectivity index (χ0) is 25.4. The molecule has 0 spiro atoms. The van der Waals surface area contributed by atoms with Crippen molar-refractivity contribution in [1.82, 2.24) is 25.2 Å². The molecule has 1 aromatic heterocycles. The molecule has 1 atom stereocenters. The predicted molar refractivity (Wildman–Crippen MR) is 134 cm³/mol. The Hall–Kier alpha value is -3.46. The summed E-state index contributed by atoms with van der Waals surface area (Å²) in [5.74, 6) is 0.183. The van der Waals surface area contributed by atoms with Gasteiger partial charge >= 0.3 is 0 Å². The van der Waals surface area contributed by atoms with Gasteiger partial charge in [0.05, 0.1) is 18.7 Å². The van der Waals surface area contributed by atoms with E-state index in [2.05, 4.69) is 15.6 Å². The molecule has 0 aliphatic heterocycles. The number of amides is 2. The van der Waals surface area contributed by atoms with Crippen LogP contribution in [0.15, 0.2) is 48.5 Å². The van der Waals surface area contributed by atoms with Crippen LogP contribution < -0.4 is 10.1 Å². The number of carbonyl (C=O) groups excluding carboxylic acids is 2. The number of hydrogen-bond donors (Lipinski definition) is 1. The van der Waals surface area contributed by atoms with Crippen molar-refractivity contribution in [2.75, 3.05) is 26.9 Å². The smallest absolute Gasteiger partial charge is 0.247 e. The van der Waals surface area contributed by atoms with E-state index in [9.17, 15) is 9.59 Å². The van der Waals surface area contributed by atoms with Crippen molar-refractivity contribution in [2.45, 2.75) is 52.2 Å². The van der Waals surface area contributed by atoms with Gasteiger partial charge in [0.1, 0.15) is 23.9 Å². The van der Waals surface area contributed by atoms with Crippen LogP contribution in [0.2, 0.25) is 0 Å². The maximum Gasteiger partial charge on any atom is 0.247 e. The van der Waals surface area contributed by atoms with Gasteiger partial charge in [0.2, 0.25) is 11.8 Å². The monoisotopic (exact) mass is 481 g/mol. The van der Waals surface area contributed by atoms with Crippen molar-refractivity contribution in [1.29, 1.82) is 0 Å². The predicted octanol–water partition coefficient (Wildman–Crippen LogP) is 3.35. The number of nitrogens with zero attached hydrogens (tertiary/aromatic N) is 4. The standard InChI is InChI=1S/C26H35N5O4/c1-6-26(3,4)27-25(33)24(19-12-14-20(15-13-19)35-7-2)30(16-17-34-5)23(32)18-31-22-11-9-8-10-21(22)28-29-31/h8-15,24H,6-7,16-18H2,1-5H3,(H,27,33)/t24-/m0/s1. The van der Waals surface area contributed by atoms with Gasteiger partial charge in [-0.3, -0.25) is 9.59 Å². The molecule has 1 heterocycles. The van der Waals surface area contributed by atoms with Gasteiger partial charge in [0, 0.05) is 19.2 Å². The van der Waals surface area contributed by atoms with Gasteiger partial charge < -0.3 is 19.7 Å². The molecule has 2 amide bonds. The van der Waals surface area contributed by atoms with Gasteiger partial charge in [0.25, 0.3) is 0 Å². The van der Waals surface area contributed by atoms with Crippen LogP contribution in [-0.2, 0) is 20.9 Å². The number of benzene rings is 2. The highest BCUT2D eigenvalue weighted by Gasteiger charge is 2.34. The highest BCUT2D eigenvalue weighted by Crippen LogP contribution is 2.26. The summed E-state index contributed by atoms with van der Waals surface area (Å²) in [4.78, 5) is 28.9. The zero-order valence-electron chi connectivity index (χ0n) is 21.2. The first-order valence-corrected chi connectivity index (χ1v) is 11.9. The number of hydrogen-bond acceptors (Lipinski definition) is 6. The molecule has 0 saturated carbocycles. The van der Waals surface area contributed by atoms with E-state index in [1.807, 2.05) is 76.2 Å². The molecule has 0 aliphatic rings. The molecule has 35 heavy (non-hydrogen) atoms. The highest BCUT2D eigenvalue weighted by molar-refractivity contribution is 5.89. The normalized spacial score (nSPS) is 12.4. The first-order chi connectivity index (χ1) is 16.8. The van der Waals surface area contributed by atoms with Gasteiger partial charge in [-0.2, -0.15) is 0 Å². The topological polar surface area (TPSA) is 98.6 Å². The van der Waals surface area contributed by atoms with Crippen LogP contribution in [0.1, 0.15) is 45.7 Å². The minimum Gasteiger partial charge on any atom is -0.494 e. The van der Waals surface area contributed by atoms with E-state index in [0.29, 0.717) is 23.4 Å². The van der Waals surface area contributed by atoms with E-state index in [1.165, 1.54) is 0 Å². The summed E-state index contributed by atoms with van der Waals surface area (Å²) in [6.45, 7) is 8.85. The number of fused-ring (bicyclic) bond motifs is 1. The Kier molecular flexibility index (Phi) is 8.81. The molecule has 0 fully saturated rings. The van der Waals surface area contributed by atoms with E-state index >= 15 is 0 Å². The maximum absolute atomic E-state index is 13.7. The summed E-state index contributed by atoms with van der Waals surface area (Å²) in [7, 11) is 1.57. The van der Waals surface area contributed by atoms with Crippen LogP contribution in [0, 0.1) is 0 Å². The average molecular weight is 482 g/mol. The lowest BCUT2D eigenvalue weighted by atomic mass is 9.98. The molecule has 3 rings (SSSR count). The molecule has 0 unspecified atom stereocenters. The largest absolute Gasteiger partial charge is 0.494 e. The average Bonchev–Trinajstić information content (AvgIpc) is 3.25. The highest BCUT2D eigenvalue weighted by atomic mass is 16.5. The number of rotatable bonds is 12. The number of ether oxygens (including phenoxy) is 2. The summed E-state index contributed by atoms with van der Waals surface area (Å²) < 4.78 is 12.4. The Morgan fingerprint density at radius 2 is 1.83 bits per heavy atom. The third kappa shape index (κ3) is 6.57. The fraction of sp³-hybridized carbons (Fsp3) is 0.462. The molecule has 9 nitrogen and oxygen atoms in total. The van der Waals surface area contributed by atoms with Crippen LogP contribution in [0.25, 0.3) is 11.0 Å². The van der Waals surface area contributed by atoms with E-state index in [0.717, 1.165) is 11.9 Å². The molecule has 2 aromatic carbocycles. The zero-order valence-corrected chi connectivity index (χ0v) is 21.2. The second-order valence-corrected chi connectivity index (χ2v) is 8.95. The number of carbonyl (C=O) groups is 2. The first kappa shape index (κ1) is 26.2. The Balaban J connectivity index is 1.98. The number of methoxy groups -OCH3 is 1. The SMILES string of the molecule is CCOc1ccc([C@@H](C(=O)NC(C)(C)CC)N(CCOC)C(=O)Cn2nnc3ccccc32)cc1. The molecule has 3 aromatic rings. The first-order valence-electron chi connectivity index (χ1n) is 11.9. The molecule has 0 aliphatic carbocycles. The Labute approximate surface area is 206 Å². The van der Waals surface area contributed by atoms with Crippen molar-refractivity contribution in [3.8, 4) is 5.75 Å². The minimum absolute atomic E-state index is 0.0534. The third-order valence-corrected chi connectivity index (χ3v) is 5.97. The van der Waals surface area contributed by atoms with Gasteiger partial charge in [-0.25, -0.2) is 4.68 Å². The lowest BCUT2D eigenvalue weighted by Crippen LogP contribution is -2.51. The lowest BCUT2D eigenvalue weighted by molar-refractivity contribution is -0.142. The van der Waals surface area contributed by atoms with Gasteiger partial charge in [-0.15, -0.1) is 5.10 Å².